The molecule has 0 saturated carbocycles. The Morgan fingerprint density at radius 3 is 2.68 bits per heavy atom. The topological polar surface area (TPSA) is 37.8 Å². The van der Waals surface area contributed by atoms with E-state index in [1.807, 2.05) is 17.8 Å². The van der Waals surface area contributed by atoms with Crippen molar-refractivity contribution in [3.05, 3.63) is 46.2 Å². The van der Waals surface area contributed by atoms with Crippen LogP contribution in [0.15, 0.2) is 29.9 Å². The first kappa shape index (κ1) is 14.2. The summed E-state index contributed by atoms with van der Waals surface area (Å²) < 4.78 is 0. The summed E-state index contributed by atoms with van der Waals surface area (Å²) in [6.07, 6.45) is 2.96. The molecule has 0 aliphatic heterocycles. The van der Waals surface area contributed by atoms with E-state index in [-0.39, 0.29) is 0 Å². The van der Waals surface area contributed by atoms with Crippen LogP contribution in [0.1, 0.15) is 42.6 Å². The number of pyridine rings is 1. The highest BCUT2D eigenvalue weighted by Gasteiger charge is 2.14. The summed E-state index contributed by atoms with van der Waals surface area (Å²) in [6.45, 7) is 7.42. The van der Waals surface area contributed by atoms with Gasteiger partial charge in [0.15, 0.2) is 0 Å². The molecule has 2 rings (SSSR count). The predicted molar refractivity (Wildman–Crippen MR) is 80.1 cm³/mol. The molecule has 102 valence electrons. The van der Waals surface area contributed by atoms with Crippen LogP contribution in [0.5, 0.6) is 0 Å². The van der Waals surface area contributed by atoms with E-state index in [4.69, 9.17) is 0 Å². The molecule has 2 aromatic heterocycles. The van der Waals surface area contributed by atoms with Crippen LogP contribution >= 0.6 is 11.3 Å². The number of thiazole rings is 1. The Morgan fingerprint density at radius 2 is 2.11 bits per heavy atom. The molecule has 19 heavy (non-hydrogen) atoms. The van der Waals surface area contributed by atoms with Gasteiger partial charge in [-0.05, 0) is 31.4 Å². The Kier molecular flexibility index (Phi) is 5.05. The van der Waals surface area contributed by atoms with Crippen LogP contribution in [-0.2, 0) is 6.54 Å². The first-order chi connectivity index (χ1) is 9.16. The SMILES string of the molecule is Cc1ncsc1CN[C@@H](CC(C)C)c1ccccn1. The van der Waals surface area contributed by atoms with Crippen LogP contribution in [0.25, 0.3) is 0 Å². The molecule has 1 atom stereocenters. The predicted octanol–water partition coefficient (Wildman–Crippen LogP) is 3.72. The van der Waals surface area contributed by atoms with Gasteiger partial charge in [0, 0.05) is 23.7 Å². The van der Waals surface area contributed by atoms with Gasteiger partial charge in [-0.3, -0.25) is 4.98 Å². The molecule has 2 aromatic rings. The third kappa shape index (κ3) is 4.11. The fraction of sp³-hybridized carbons (Fsp3) is 0.467. The molecule has 0 aromatic carbocycles. The number of hydrogen-bond donors (Lipinski definition) is 1. The lowest BCUT2D eigenvalue weighted by atomic mass is 10.0. The molecule has 0 fully saturated rings. The van der Waals surface area contributed by atoms with Crippen LogP contribution in [-0.4, -0.2) is 9.97 Å². The zero-order valence-electron chi connectivity index (χ0n) is 11.8. The van der Waals surface area contributed by atoms with Crippen LogP contribution in [0.4, 0.5) is 0 Å². The summed E-state index contributed by atoms with van der Waals surface area (Å²) in [5.41, 5.74) is 4.16. The third-order valence-corrected chi connectivity index (χ3v) is 4.04. The molecule has 4 heteroatoms. The third-order valence-electron chi connectivity index (χ3n) is 3.11. The van der Waals surface area contributed by atoms with Crippen LogP contribution in [0, 0.1) is 12.8 Å². The van der Waals surface area contributed by atoms with Crippen molar-refractivity contribution in [3.63, 3.8) is 0 Å². The van der Waals surface area contributed by atoms with Crippen molar-refractivity contribution in [2.24, 2.45) is 5.92 Å². The lowest BCUT2D eigenvalue weighted by molar-refractivity contribution is 0.422. The number of aryl methyl sites for hydroxylation is 1. The van der Waals surface area contributed by atoms with E-state index in [0.717, 1.165) is 24.4 Å². The largest absolute Gasteiger partial charge is 0.304 e. The maximum absolute atomic E-state index is 4.48. The number of rotatable bonds is 6. The van der Waals surface area contributed by atoms with Gasteiger partial charge in [0.05, 0.1) is 16.9 Å². The van der Waals surface area contributed by atoms with E-state index in [2.05, 4.69) is 48.2 Å². The second-order valence-electron chi connectivity index (χ2n) is 5.18. The van der Waals surface area contributed by atoms with Crippen molar-refractivity contribution in [1.82, 2.24) is 15.3 Å². The Balaban J connectivity index is 2.04. The van der Waals surface area contributed by atoms with Crippen molar-refractivity contribution in [1.29, 1.82) is 0 Å². The maximum Gasteiger partial charge on any atom is 0.0798 e. The zero-order chi connectivity index (χ0) is 13.7. The van der Waals surface area contributed by atoms with E-state index >= 15 is 0 Å². The Hall–Kier alpha value is -1.26. The molecule has 0 aliphatic carbocycles. The second-order valence-corrected chi connectivity index (χ2v) is 6.12. The number of nitrogens with zero attached hydrogens (tertiary/aromatic N) is 2. The van der Waals surface area contributed by atoms with Crippen molar-refractivity contribution < 1.29 is 0 Å². The highest BCUT2D eigenvalue weighted by molar-refractivity contribution is 7.09. The number of aromatic nitrogens is 2. The first-order valence-corrected chi connectivity index (χ1v) is 7.58. The maximum atomic E-state index is 4.48. The molecule has 0 bridgehead atoms. The molecular weight excluding hydrogens is 254 g/mol. The molecule has 0 unspecified atom stereocenters. The Labute approximate surface area is 119 Å². The van der Waals surface area contributed by atoms with Gasteiger partial charge < -0.3 is 5.32 Å². The van der Waals surface area contributed by atoms with Crippen molar-refractivity contribution in [3.8, 4) is 0 Å². The molecule has 1 N–H and O–H groups in total. The highest BCUT2D eigenvalue weighted by atomic mass is 32.1. The molecule has 0 saturated heterocycles. The van der Waals surface area contributed by atoms with E-state index < -0.39 is 0 Å². The monoisotopic (exact) mass is 275 g/mol. The second kappa shape index (κ2) is 6.78. The smallest absolute Gasteiger partial charge is 0.0798 e. The van der Waals surface area contributed by atoms with Crippen molar-refractivity contribution in [2.45, 2.75) is 39.8 Å². The lowest BCUT2D eigenvalue weighted by Gasteiger charge is -2.20. The molecule has 0 radical (unpaired) electrons. The minimum Gasteiger partial charge on any atom is -0.304 e. The van der Waals surface area contributed by atoms with Gasteiger partial charge in [-0.1, -0.05) is 19.9 Å². The minimum atomic E-state index is 0.308. The summed E-state index contributed by atoms with van der Waals surface area (Å²) in [7, 11) is 0. The average Bonchev–Trinajstić information content (AvgIpc) is 2.81. The average molecular weight is 275 g/mol. The van der Waals surface area contributed by atoms with Crippen LogP contribution < -0.4 is 5.32 Å². The van der Waals surface area contributed by atoms with Gasteiger partial charge in [0.25, 0.3) is 0 Å². The van der Waals surface area contributed by atoms with Crippen LogP contribution in [0.3, 0.4) is 0 Å². The van der Waals surface area contributed by atoms with E-state index in [1.165, 1.54) is 4.88 Å². The van der Waals surface area contributed by atoms with E-state index in [1.54, 1.807) is 11.3 Å². The fourth-order valence-electron chi connectivity index (χ4n) is 2.07. The number of hydrogen-bond acceptors (Lipinski definition) is 4. The van der Waals surface area contributed by atoms with Crippen LogP contribution in [0.2, 0.25) is 0 Å². The molecule has 0 amide bonds. The molecule has 0 spiro atoms. The zero-order valence-corrected chi connectivity index (χ0v) is 12.6. The van der Waals surface area contributed by atoms with Gasteiger partial charge in [-0.2, -0.15) is 0 Å². The molecule has 2 heterocycles. The molecule has 3 nitrogen and oxygen atoms in total. The quantitative estimate of drug-likeness (QED) is 0.873. The van der Waals surface area contributed by atoms with Crippen molar-refractivity contribution >= 4 is 11.3 Å². The summed E-state index contributed by atoms with van der Waals surface area (Å²) in [6, 6.07) is 6.42. The molecular formula is C15H21N3S. The van der Waals surface area contributed by atoms with Gasteiger partial charge >= 0.3 is 0 Å². The summed E-state index contributed by atoms with van der Waals surface area (Å²) in [5.74, 6) is 0.641. The number of nitrogens with one attached hydrogen (secondary N) is 1. The summed E-state index contributed by atoms with van der Waals surface area (Å²) >= 11 is 1.71. The fourth-order valence-corrected chi connectivity index (χ4v) is 2.80. The van der Waals surface area contributed by atoms with Gasteiger partial charge in [-0.25, -0.2) is 4.98 Å². The summed E-state index contributed by atoms with van der Waals surface area (Å²) in [4.78, 5) is 10.1. The van der Waals surface area contributed by atoms with Gasteiger partial charge in [0.1, 0.15) is 0 Å². The standard InChI is InChI=1S/C15H21N3S/c1-11(2)8-14(13-6-4-5-7-16-13)17-9-15-12(3)18-10-19-15/h4-7,10-11,14,17H,8-9H2,1-3H3/t14-/m0/s1. The first-order valence-electron chi connectivity index (χ1n) is 6.70. The van der Waals surface area contributed by atoms with E-state index in [0.29, 0.717) is 12.0 Å². The van der Waals surface area contributed by atoms with Gasteiger partial charge in [0.2, 0.25) is 0 Å². The Morgan fingerprint density at radius 1 is 1.26 bits per heavy atom. The van der Waals surface area contributed by atoms with E-state index in [9.17, 15) is 0 Å². The summed E-state index contributed by atoms with van der Waals surface area (Å²) in [5, 5.41) is 3.62. The molecule has 0 aliphatic rings. The Bertz CT molecular complexity index is 493. The normalized spacial score (nSPS) is 12.8. The van der Waals surface area contributed by atoms with Gasteiger partial charge in [-0.15, -0.1) is 11.3 Å². The lowest BCUT2D eigenvalue weighted by Crippen LogP contribution is -2.23. The van der Waals surface area contributed by atoms with Crippen molar-refractivity contribution in [2.75, 3.05) is 0 Å². The highest BCUT2D eigenvalue weighted by Crippen LogP contribution is 2.21. The minimum absolute atomic E-state index is 0.308.